The zero-order valence-corrected chi connectivity index (χ0v) is 14.8. The van der Waals surface area contributed by atoms with Crippen LogP contribution in [0.2, 0.25) is 0 Å². The molecule has 0 saturated heterocycles. The van der Waals surface area contributed by atoms with Gasteiger partial charge in [-0.1, -0.05) is 84.6 Å². The molecule has 0 radical (unpaired) electrons. The lowest BCUT2D eigenvalue weighted by Gasteiger charge is -2.06. The molecule has 1 heterocycles. The molecule has 4 aromatic rings. The fraction of sp³-hybridized carbons (Fsp3) is 0.100. The van der Waals surface area contributed by atoms with Crippen LogP contribution in [0.3, 0.4) is 0 Å². The summed E-state index contributed by atoms with van der Waals surface area (Å²) in [7, 11) is 0. The third-order valence-corrected chi connectivity index (χ3v) is 5.05. The highest BCUT2D eigenvalue weighted by Crippen LogP contribution is 2.22. The van der Waals surface area contributed by atoms with Gasteiger partial charge in [-0.15, -0.1) is 5.10 Å². The first-order valence-electron chi connectivity index (χ1n) is 8.25. The van der Waals surface area contributed by atoms with Crippen molar-refractivity contribution >= 4 is 28.3 Å². The van der Waals surface area contributed by atoms with E-state index >= 15 is 0 Å². The van der Waals surface area contributed by atoms with E-state index in [-0.39, 0.29) is 5.78 Å². The molecule has 26 heavy (non-hydrogen) atoms. The Morgan fingerprint density at radius 2 is 1.69 bits per heavy atom. The summed E-state index contributed by atoms with van der Waals surface area (Å²) in [5, 5.41) is 14.5. The highest BCUT2D eigenvalue weighted by molar-refractivity contribution is 7.99. The minimum atomic E-state index is 0.0704. The Kier molecular flexibility index (Phi) is 4.75. The van der Waals surface area contributed by atoms with Gasteiger partial charge in [-0.3, -0.25) is 4.79 Å². The average Bonchev–Trinajstić information content (AvgIpc) is 3.13. The Bertz CT molecular complexity index is 1040. The number of Topliss-reactive ketones (excluding diaryl/α,β-unsaturated/α-hetero) is 1. The Morgan fingerprint density at radius 3 is 2.58 bits per heavy atom. The van der Waals surface area contributed by atoms with Crippen molar-refractivity contribution in [3.63, 3.8) is 0 Å². The first-order valence-corrected chi connectivity index (χ1v) is 9.24. The van der Waals surface area contributed by atoms with Gasteiger partial charge in [0.1, 0.15) is 0 Å². The topological polar surface area (TPSA) is 60.7 Å². The van der Waals surface area contributed by atoms with E-state index in [9.17, 15) is 4.79 Å². The number of hydrogen-bond acceptors (Lipinski definition) is 5. The maximum Gasteiger partial charge on any atom is 0.210 e. The summed E-state index contributed by atoms with van der Waals surface area (Å²) in [5.41, 5.74) is 1.85. The summed E-state index contributed by atoms with van der Waals surface area (Å²) < 4.78 is 1.72. The molecule has 6 heteroatoms. The molecule has 0 saturated carbocycles. The number of tetrazole rings is 1. The smallest absolute Gasteiger partial charge is 0.210 e. The molecule has 0 spiro atoms. The summed E-state index contributed by atoms with van der Waals surface area (Å²) in [4.78, 5) is 12.7. The Hall–Kier alpha value is -2.99. The van der Waals surface area contributed by atoms with Gasteiger partial charge in [0.2, 0.25) is 5.16 Å². The van der Waals surface area contributed by atoms with Crippen molar-refractivity contribution in [2.75, 3.05) is 5.75 Å². The Morgan fingerprint density at radius 1 is 0.923 bits per heavy atom. The number of ketones is 1. The fourth-order valence-electron chi connectivity index (χ4n) is 2.83. The second kappa shape index (κ2) is 7.49. The van der Waals surface area contributed by atoms with Gasteiger partial charge in [0.25, 0.3) is 0 Å². The van der Waals surface area contributed by atoms with Crippen molar-refractivity contribution < 1.29 is 4.79 Å². The average molecular weight is 360 g/mol. The number of hydrogen-bond donors (Lipinski definition) is 0. The van der Waals surface area contributed by atoms with Gasteiger partial charge < -0.3 is 0 Å². The zero-order chi connectivity index (χ0) is 17.8. The molecule has 0 unspecified atom stereocenters. The zero-order valence-electron chi connectivity index (χ0n) is 13.9. The predicted molar refractivity (Wildman–Crippen MR) is 102 cm³/mol. The molecule has 0 fully saturated rings. The van der Waals surface area contributed by atoms with E-state index in [0.29, 0.717) is 17.5 Å². The molecular formula is C20H16N4OS. The molecule has 0 atom stereocenters. The molecule has 4 rings (SSSR count). The lowest BCUT2D eigenvalue weighted by atomic mass is 10.0. The minimum Gasteiger partial charge on any atom is -0.293 e. The van der Waals surface area contributed by atoms with Crippen LogP contribution in [0.25, 0.3) is 10.8 Å². The van der Waals surface area contributed by atoms with Crippen LogP contribution in [0.5, 0.6) is 0 Å². The van der Waals surface area contributed by atoms with Crippen molar-refractivity contribution in [2.45, 2.75) is 11.7 Å². The highest BCUT2D eigenvalue weighted by atomic mass is 32.2. The summed E-state index contributed by atoms with van der Waals surface area (Å²) in [6, 6.07) is 23.7. The van der Waals surface area contributed by atoms with Crippen LogP contribution in [0, 0.1) is 0 Å². The lowest BCUT2D eigenvalue weighted by molar-refractivity contribution is 0.102. The van der Waals surface area contributed by atoms with Gasteiger partial charge in [-0.05, 0) is 26.8 Å². The number of thioether (sulfide) groups is 1. The van der Waals surface area contributed by atoms with Crippen LogP contribution in [0.1, 0.15) is 15.9 Å². The van der Waals surface area contributed by atoms with Crippen molar-refractivity contribution in [3.05, 3.63) is 83.9 Å². The molecule has 0 aliphatic rings. The minimum absolute atomic E-state index is 0.0704. The van der Waals surface area contributed by atoms with E-state index in [2.05, 4.69) is 15.5 Å². The van der Waals surface area contributed by atoms with Crippen LogP contribution < -0.4 is 0 Å². The largest absolute Gasteiger partial charge is 0.293 e. The summed E-state index contributed by atoms with van der Waals surface area (Å²) in [5.74, 6) is 0.365. The standard InChI is InChI=1S/C20H16N4OS/c25-19(18-12-6-10-16-9-4-5-11-17(16)18)14-26-20-21-22-23-24(20)13-15-7-2-1-3-8-15/h1-12H,13-14H2. The molecule has 0 bridgehead atoms. The number of carbonyl (C=O) groups is 1. The van der Waals surface area contributed by atoms with E-state index in [1.54, 1.807) is 4.68 Å². The highest BCUT2D eigenvalue weighted by Gasteiger charge is 2.14. The van der Waals surface area contributed by atoms with Crippen molar-refractivity contribution in [2.24, 2.45) is 0 Å². The summed E-state index contributed by atoms with van der Waals surface area (Å²) in [6.07, 6.45) is 0. The van der Waals surface area contributed by atoms with Gasteiger partial charge in [0.05, 0.1) is 12.3 Å². The van der Waals surface area contributed by atoms with E-state index in [4.69, 9.17) is 0 Å². The maximum atomic E-state index is 12.7. The van der Waals surface area contributed by atoms with Crippen molar-refractivity contribution in [1.29, 1.82) is 0 Å². The fourth-order valence-corrected chi connectivity index (χ4v) is 3.59. The number of carbonyl (C=O) groups excluding carboxylic acids is 1. The molecule has 0 amide bonds. The third-order valence-electron chi connectivity index (χ3n) is 4.10. The van der Waals surface area contributed by atoms with Crippen LogP contribution in [0.15, 0.2) is 78.0 Å². The molecule has 0 N–H and O–H groups in total. The Balaban J connectivity index is 1.49. The number of aromatic nitrogens is 4. The van der Waals surface area contributed by atoms with Crippen LogP contribution in [-0.2, 0) is 6.54 Å². The molecule has 1 aromatic heterocycles. The van der Waals surface area contributed by atoms with Crippen LogP contribution >= 0.6 is 11.8 Å². The van der Waals surface area contributed by atoms with Gasteiger partial charge in [-0.2, -0.15) is 0 Å². The molecule has 5 nitrogen and oxygen atoms in total. The number of nitrogens with zero attached hydrogens (tertiary/aromatic N) is 4. The first kappa shape index (κ1) is 16.5. The van der Waals surface area contributed by atoms with Gasteiger partial charge in [0, 0.05) is 5.56 Å². The van der Waals surface area contributed by atoms with Gasteiger partial charge >= 0.3 is 0 Å². The second-order valence-electron chi connectivity index (χ2n) is 5.84. The van der Waals surface area contributed by atoms with E-state index in [0.717, 1.165) is 21.9 Å². The monoisotopic (exact) mass is 360 g/mol. The molecule has 0 aliphatic heterocycles. The SMILES string of the molecule is O=C(CSc1nnnn1Cc1ccccc1)c1cccc2ccccc12. The molecule has 0 aliphatic carbocycles. The van der Waals surface area contributed by atoms with Gasteiger partial charge in [0.15, 0.2) is 5.78 Å². The predicted octanol–water partition coefficient (Wildman–Crippen LogP) is 3.85. The molecule has 3 aromatic carbocycles. The van der Waals surface area contributed by atoms with Crippen molar-refractivity contribution in [3.8, 4) is 0 Å². The number of benzene rings is 3. The Labute approximate surface area is 155 Å². The van der Waals surface area contributed by atoms with E-state index in [1.165, 1.54) is 11.8 Å². The van der Waals surface area contributed by atoms with Gasteiger partial charge in [-0.25, -0.2) is 4.68 Å². The number of rotatable bonds is 6. The van der Waals surface area contributed by atoms with Crippen LogP contribution in [-0.4, -0.2) is 31.7 Å². The molecule has 128 valence electrons. The first-order chi connectivity index (χ1) is 12.8. The third kappa shape index (κ3) is 3.50. The quantitative estimate of drug-likeness (QED) is 0.386. The summed E-state index contributed by atoms with van der Waals surface area (Å²) in [6.45, 7) is 0.582. The lowest BCUT2D eigenvalue weighted by Crippen LogP contribution is -2.07. The summed E-state index contributed by atoms with van der Waals surface area (Å²) >= 11 is 1.36. The van der Waals surface area contributed by atoms with Crippen LogP contribution in [0.4, 0.5) is 0 Å². The number of fused-ring (bicyclic) bond motifs is 1. The normalized spacial score (nSPS) is 10.9. The second-order valence-corrected chi connectivity index (χ2v) is 6.79. The maximum absolute atomic E-state index is 12.7. The van der Waals surface area contributed by atoms with Crippen molar-refractivity contribution in [1.82, 2.24) is 20.2 Å². The molecular weight excluding hydrogens is 344 g/mol. The van der Waals surface area contributed by atoms with E-state index in [1.807, 2.05) is 72.8 Å². The van der Waals surface area contributed by atoms with E-state index < -0.39 is 0 Å².